The fourth-order valence-electron chi connectivity index (χ4n) is 1.31. The lowest BCUT2D eigenvalue weighted by atomic mass is 10.1. The van der Waals surface area contributed by atoms with Crippen LogP contribution in [0.1, 0.15) is 5.56 Å². The molecule has 0 aliphatic heterocycles. The van der Waals surface area contributed by atoms with Gasteiger partial charge in [0.15, 0.2) is 0 Å². The SMILES string of the molecule is C=CCNC(=O)Cc1cc(Cl)ccc1OC. The molecule has 0 aliphatic carbocycles. The van der Waals surface area contributed by atoms with Crippen molar-refractivity contribution in [2.45, 2.75) is 6.42 Å². The summed E-state index contributed by atoms with van der Waals surface area (Å²) in [4.78, 5) is 11.5. The standard InChI is InChI=1S/C12H14ClNO2/c1-3-6-14-12(15)8-9-7-10(13)4-5-11(9)16-2/h3-5,7H,1,6,8H2,2H3,(H,14,15). The van der Waals surface area contributed by atoms with E-state index in [9.17, 15) is 4.79 Å². The quantitative estimate of drug-likeness (QED) is 0.800. The van der Waals surface area contributed by atoms with Gasteiger partial charge in [0.05, 0.1) is 13.5 Å². The van der Waals surface area contributed by atoms with Gasteiger partial charge in [-0.25, -0.2) is 0 Å². The zero-order valence-corrected chi connectivity index (χ0v) is 9.88. The number of hydrogen-bond acceptors (Lipinski definition) is 2. The van der Waals surface area contributed by atoms with Crippen LogP contribution >= 0.6 is 11.6 Å². The van der Waals surface area contributed by atoms with E-state index >= 15 is 0 Å². The number of carbonyl (C=O) groups excluding carboxylic acids is 1. The van der Waals surface area contributed by atoms with Gasteiger partial charge in [0, 0.05) is 17.1 Å². The Morgan fingerprint density at radius 1 is 1.62 bits per heavy atom. The Balaban J connectivity index is 2.74. The van der Waals surface area contributed by atoms with Crippen molar-refractivity contribution in [1.82, 2.24) is 5.32 Å². The van der Waals surface area contributed by atoms with Crippen molar-refractivity contribution in [1.29, 1.82) is 0 Å². The monoisotopic (exact) mass is 239 g/mol. The summed E-state index contributed by atoms with van der Waals surface area (Å²) in [5.74, 6) is 0.582. The highest BCUT2D eigenvalue weighted by molar-refractivity contribution is 6.30. The molecule has 0 radical (unpaired) electrons. The van der Waals surface area contributed by atoms with E-state index in [4.69, 9.17) is 16.3 Å². The predicted octanol–water partition coefficient (Wildman–Crippen LogP) is 2.19. The molecule has 0 fully saturated rings. The van der Waals surface area contributed by atoms with E-state index < -0.39 is 0 Å². The van der Waals surface area contributed by atoms with Gasteiger partial charge in [0.2, 0.25) is 5.91 Å². The first-order valence-corrected chi connectivity index (χ1v) is 5.25. The molecule has 16 heavy (non-hydrogen) atoms. The second kappa shape index (κ2) is 6.18. The van der Waals surface area contributed by atoms with Crippen molar-refractivity contribution in [3.63, 3.8) is 0 Å². The smallest absolute Gasteiger partial charge is 0.224 e. The van der Waals surface area contributed by atoms with Crippen LogP contribution in [0.4, 0.5) is 0 Å². The summed E-state index contributed by atoms with van der Waals surface area (Å²) < 4.78 is 5.15. The second-order valence-electron chi connectivity index (χ2n) is 3.23. The van der Waals surface area contributed by atoms with Crippen molar-refractivity contribution in [3.05, 3.63) is 41.4 Å². The van der Waals surface area contributed by atoms with Crippen molar-refractivity contribution in [2.24, 2.45) is 0 Å². The Kier molecular flexibility index (Phi) is 4.86. The van der Waals surface area contributed by atoms with Gasteiger partial charge >= 0.3 is 0 Å². The van der Waals surface area contributed by atoms with Crippen LogP contribution in [-0.4, -0.2) is 19.6 Å². The Morgan fingerprint density at radius 3 is 3.00 bits per heavy atom. The molecule has 0 bridgehead atoms. The number of ether oxygens (including phenoxy) is 1. The lowest BCUT2D eigenvalue weighted by Gasteiger charge is -2.08. The van der Waals surface area contributed by atoms with E-state index in [-0.39, 0.29) is 12.3 Å². The number of benzene rings is 1. The largest absolute Gasteiger partial charge is 0.496 e. The van der Waals surface area contributed by atoms with E-state index in [1.165, 1.54) is 0 Å². The van der Waals surface area contributed by atoms with Crippen LogP contribution < -0.4 is 10.1 Å². The third-order valence-corrected chi connectivity index (χ3v) is 2.27. The highest BCUT2D eigenvalue weighted by Crippen LogP contribution is 2.22. The highest BCUT2D eigenvalue weighted by atomic mass is 35.5. The number of nitrogens with one attached hydrogen (secondary N) is 1. The first-order chi connectivity index (χ1) is 7.67. The van der Waals surface area contributed by atoms with E-state index in [1.807, 2.05) is 0 Å². The van der Waals surface area contributed by atoms with Crippen LogP contribution in [0.5, 0.6) is 5.75 Å². The molecule has 1 N–H and O–H groups in total. The maximum absolute atomic E-state index is 11.5. The number of hydrogen-bond donors (Lipinski definition) is 1. The van der Waals surface area contributed by atoms with Gasteiger partial charge < -0.3 is 10.1 Å². The van der Waals surface area contributed by atoms with Crippen LogP contribution in [0.25, 0.3) is 0 Å². The van der Waals surface area contributed by atoms with Gasteiger partial charge in [0.1, 0.15) is 5.75 Å². The summed E-state index contributed by atoms with van der Waals surface area (Å²) in [6, 6.07) is 5.21. The van der Waals surface area contributed by atoms with Gasteiger partial charge in [-0.3, -0.25) is 4.79 Å². The van der Waals surface area contributed by atoms with Crippen molar-refractivity contribution < 1.29 is 9.53 Å². The first kappa shape index (κ1) is 12.6. The molecule has 0 aromatic heterocycles. The van der Waals surface area contributed by atoms with E-state index in [0.29, 0.717) is 17.3 Å². The van der Waals surface area contributed by atoms with Crippen molar-refractivity contribution in [3.8, 4) is 5.75 Å². The molecule has 3 nitrogen and oxygen atoms in total. The topological polar surface area (TPSA) is 38.3 Å². The normalized spacial score (nSPS) is 9.62. The van der Waals surface area contributed by atoms with Crippen LogP contribution in [0, 0.1) is 0 Å². The number of methoxy groups -OCH3 is 1. The summed E-state index contributed by atoms with van der Waals surface area (Å²) in [6.07, 6.45) is 1.88. The zero-order valence-electron chi connectivity index (χ0n) is 9.13. The summed E-state index contributed by atoms with van der Waals surface area (Å²) in [7, 11) is 1.56. The Morgan fingerprint density at radius 2 is 2.38 bits per heavy atom. The minimum atomic E-state index is -0.0829. The molecule has 0 atom stereocenters. The summed E-state index contributed by atoms with van der Waals surface area (Å²) in [5, 5.41) is 3.29. The minimum absolute atomic E-state index is 0.0829. The molecule has 0 saturated carbocycles. The van der Waals surface area contributed by atoms with Gasteiger partial charge in [-0.05, 0) is 18.2 Å². The maximum atomic E-state index is 11.5. The van der Waals surface area contributed by atoms with Crippen LogP contribution in [0.2, 0.25) is 5.02 Å². The van der Waals surface area contributed by atoms with Gasteiger partial charge in [-0.1, -0.05) is 17.7 Å². The Bertz CT molecular complexity index is 391. The minimum Gasteiger partial charge on any atom is -0.496 e. The number of amides is 1. The maximum Gasteiger partial charge on any atom is 0.224 e. The van der Waals surface area contributed by atoms with Gasteiger partial charge in [0.25, 0.3) is 0 Å². The fraction of sp³-hybridized carbons (Fsp3) is 0.250. The predicted molar refractivity (Wildman–Crippen MR) is 64.9 cm³/mol. The number of rotatable bonds is 5. The molecule has 0 unspecified atom stereocenters. The molecule has 1 aromatic rings. The zero-order chi connectivity index (χ0) is 12.0. The molecule has 0 spiro atoms. The first-order valence-electron chi connectivity index (χ1n) is 4.87. The second-order valence-corrected chi connectivity index (χ2v) is 3.66. The average molecular weight is 240 g/mol. The fourth-order valence-corrected chi connectivity index (χ4v) is 1.50. The molecule has 1 rings (SSSR count). The van der Waals surface area contributed by atoms with Crippen molar-refractivity contribution in [2.75, 3.05) is 13.7 Å². The van der Waals surface area contributed by atoms with E-state index in [1.54, 1.807) is 31.4 Å². The lowest BCUT2D eigenvalue weighted by molar-refractivity contribution is -0.120. The van der Waals surface area contributed by atoms with E-state index in [2.05, 4.69) is 11.9 Å². The van der Waals surface area contributed by atoms with Crippen LogP contribution in [-0.2, 0) is 11.2 Å². The molecule has 4 heteroatoms. The molecule has 1 aromatic carbocycles. The highest BCUT2D eigenvalue weighted by Gasteiger charge is 2.08. The Labute approximate surface area is 100 Å². The van der Waals surface area contributed by atoms with Gasteiger partial charge in [-0.2, -0.15) is 0 Å². The molecular weight excluding hydrogens is 226 g/mol. The summed E-state index contributed by atoms with van der Waals surface area (Å²) in [6.45, 7) is 3.99. The molecular formula is C12H14ClNO2. The summed E-state index contributed by atoms with van der Waals surface area (Å²) >= 11 is 5.86. The van der Waals surface area contributed by atoms with Crippen molar-refractivity contribution >= 4 is 17.5 Å². The number of carbonyl (C=O) groups is 1. The third kappa shape index (κ3) is 3.59. The molecule has 0 saturated heterocycles. The number of halogens is 1. The third-order valence-electron chi connectivity index (χ3n) is 2.04. The Hall–Kier alpha value is -1.48. The van der Waals surface area contributed by atoms with Gasteiger partial charge in [-0.15, -0.1) is 6.58 Å². The molecule has 1 amide bonds. The summed E-state index contributed by atoms with van der Waals surface area (Å²) in [5.41, 5.74) is 0.775. The van der Waals surface area contributed by atoms with Crippen LogP contribution in [0.3, 0.4) is 0 Å². The molecule has 0 aliphatic rings. The van der Waals surface area contributed by atoms with E-state index in [0.717, 1.165) is 5.56 Å². The molecule has 86 valence electrons. The van der Waals surface area contributed by atoms with Crippen LogP contribution in [0.15, 0.2) is 30.9 Å². The lowest BCUT2D eigenvalue weighted by Crippen LogP contribution is -2.25. The molecule has 0 heterocycles. The average Bonchev–Trinajstić information content (AvgIpc) is 2.27.